The van der Waals surface area contributed by atoms with Crippen LogP contribution in [0.5, 0.6) is 0 Å². The van der Waals surface area contributed by atoms with Gasteiger partial charge in [-0.3, -0.25) is 52.7 Å². The fourth-order valence-corrected chi connectivity index (χ4v) is 10.7. The average Bonchev–Trinajstić information content (AvgIpc) is 0.776. The topological polar surface area (TPSA) is 596 Å². The number of carbonyl (C=O) groups excluding carboxylic acids is 10. The van der Waals surface area contributed by atoms with Crippen molar-refractivity contribution in [2.75, 3.05) is 26.3 Å². The number of aliphatic hydroxyl groups excluding tert-OH is 7. The first kappa shape index (κ1) is 87.6. The molecular weight excluding hydrogens is 1340 g/mol. The van der Waals surface area contributed by atoms with E-state index in [9.17, 15) is 93.9 Å². The molecule has 0 unspecified atom stereocenters. The zero-order valence-corrected chi connectivity index (χ0v) is 58.4. The van der Waals surface area contributed by atoms with Crippen LogP contribution in [0.4, 0.5) is 0 Å². The monoisotopic (exact) mass is 1440 g/mol. The Bertz CT molecular complexity index is 2900. The molecule has 0 spiro atoms. The molecule has 37 nitrogen and oxygen atoms in total. The van der Waals surface area contributed by atoms with E-state index in [4.69, 9.17) is 30.4 Å². The van der Waals surface area contributed by atoms with Gasteiger partial charge in [0.2, 0.25) is 59.1 Å². The van der Waals surface area contributed by atoms with E-state index >= 15 is 9.59 Å². The third-order valence-electron chi connectivity index (χ3n) is 16.9. The molecule has 2 aliphatic rings. The quantitative estimate of drug-likeness (QED) is 0.0271. The number of hydrogen-bond acceptors (Lipinski definition) is 25. The molecule has 0 radical (unpaired) electrons. The van der Waals surface area contributed by atoms with Gasteiger partial charge in [0.15, 0.2) is 12.6 Å². The van der Waals surface area contributed by atoms with Crippen molar-refractivity contribution in [1.29, 1.82) is 0 Å². The van der Waals surface area contributed by atoms with E-state index in [0.717, 1.165) is 13.8 Å². The van der Waals surface area contributed by atoms with Crippen LogP contribution in [-0.4, -0.2) is 271 Å². The standard InChI is InChI=1S/C64H106N12O25/c1-11-30(6)45(74-58(92)44(66)29(4)5)59(93)75-46(32(8)79)60(94)68-31(7)54(88)73-39(24-35-17-13-12-14-18-35)57(91)76-47(33(9)98-63-48(69-34(10)80)53(50(85)41(27-78)99-63)101-64-52(87)51(86)49(84)40(26-77)100-64)61(95)71-36(20-21-43(82)83)55(89)67-25-42(81)70-38(23-28(2)3)56(90)72-37(62(96)97)19-15-16-22-65/h12-14,17-18,28-33,36-41,44-53,63-64,77-79,84-87H,11,15-16,19-27,65-66H2,1-10H3,(H,67,89)(H,68,94)(H,69,80)(H,70,81)(H,71,95)(H,72,90)(H,73,88)(H,74,92)(H,75,93)(H,76,91)(H,82,83)(H,96,97)/t30-,31-,32+,33+,36-,37-,38-,39-,40+,41+,44-,45-,46-,47-,48+,49-,50-,51-,52+,53+,63-,64-/m0/s1. The smallest absolute Gasteiger partial charge is 0.326 e. The van der Waals surface area contributed by atoms with Gasteiger partial charge < -0.3 is 130 Å². The number of carbonyl (C=O) groups is 12. The van der Waals surface area contributed by atoms with Gasteiger partial charge in [-0.15, -0.1) is 0 Å². The van der Waals surface area contributed by atoms with Crippen LogP contribution in [0.3, 0.4) is 0 Å². The minimum absolute atomic E-state index is 0.00866. The number of ether oxygens (including phenoxy) is 4. The van der Waals surface area contributed by atoms with Crippen molar-refractivity contribution in [1.82, 2.24) is 53.2 Å². The van der Waals surface area contributed by atoms with E-state index in [1.54, 1.807) is 71.9 Å². The SMILES string of the molecule is CC[C@H](C)[C@H](NC(=O)[C@@H](N)C(C)C)C(=O)N[C@H](C(=O)N[C@@H](C)C(=O)N[C@@H](Cc1ccccc1)C(=O)N[C@H](C(=O)N[C@@H](CCC(=O)O)C(=O)NCC(=O)N[C@@H](CC(C)C)C(=O)N[C@@H](CCCCN)C(=O)O)[C@@H](C)O[C@H]1O[C@H](CO)[C@H](O)[C@H](O[C@@H]2O[C@H](CO)[C@H](O)[C@H](O)[C@H]2O)[C@H]1NC(C)=O)[C@@H](C)O. The molecule has 0 saturated carbocycles. The number of rotatable bonds is 42. The van der Waals surface area contributed by atoms with Crippen LogP contribution in [0.25, 0.3) is 0 Å². The summed E-state index contributed by atoms with van der Waals surface area (Å²) in [6.45, 7) is 12.1. The van der Waals surface area contributed by atoms with Crippen LogP contribution < -0.4 is 64.6 Å². The zero-order chi connectivity index (χ0) is 76.3. The Hall–Kier alpha value is -7.66. The molecule has 572 valence electrons. The van der Waals surface area contributed by atoms with Crippen molar-refractivity contribution in [3.05, 3.63) is 35.9 Å². The van der Waals surface area contributed by atoms with Gasteiger partial charge in [0.05, 0.1) is 38.0 Å². The Morgan fingerprint density at radius 3 is 1.70 bits per heavy atom. The molecule has 2 aliphatic heterocycles. The Labute approximate surface area is 584 Å². The predicted octanol–water partition coefficient (Wildman–Crippen LogP) is -7.05. The second-order valence-corrected chi connectivity index (χ2v) is 26.1. The van der Waals surface area contributed by atoms with Crippen LogP contribution in [0.2, 0.25) is 0 Å². The molecule has 0 aliphatic carbocycles. The Balaban J connectivity index is 2.15. The normalized spacial score (nSPS) is 24.1. The van der Waals surface area contributed by atoms with Crippen molar-refractivity contribution >= 4 is 71.0 Å². The number of carboxylic acid groups (broad SMARTS) is 2. The number of amides is 10. The number of aliphatic hydroxyl groups is 7. The zero-order valence-electron chi connectivity index (χ0n) is 58.4. The maximum absolute atomic E-state index is 15.1. The van der Waals surface area contributed by atoms with Crippen molar-refractivity contribution in [2.24, 2.45) is 29.2 Å². The Morgan fingerprint density at radius 2 is 1.15 bits per heavy atom. The highest BCUT2D eigenvalue weighted by Crippen LogP contribution is 2.31. The van der Waals surface area contributed by atoms with Gasteiger partial charge >= 0.3 is 11.9 Å². The summed E-state index contributed by atoms with van der Waals surface area (Å²) in [5.74, 6) is -14.2. The maximum Gasteiger partial charge on any atom is 0.326 e. The lowest BCUT2D eigenvalue weighted by atomic mass is 9.95. The summed E-state index contributed by atoms with van der Waals surface area (Å²) in [5.41, 5.74) is 12.0. The summed E-state index contributed by atoms with van der Waals surface area (Å²) in [7, 11) is 0. The van der Waals surface area contributed by atoms with Crippen molar-refractivity contribution in [3.8, 4) is 0 Å². The largest absolute Gasteiger partial charge is 0.481 e. The number of nitrogens with two attached hydrogens (primary N) is 2. The van der Waals surface area contributed by atoms with Crippen molar-refractivity contribution in [2.45, 2.75) is 249 Å². The third kappa shape index (κ3) is 27.6. The molecule has 2 heterocycles. The maximum atomic E-state index is 15.1. The summed E-state index contributed by atoms with van der Waals surface area (Å²) in [6.07, 6.45) is -21.4. The second-order valence-electron chi connectivity index (χ2n) is 26.1. The minimum atomic E-state index is -2.16. The minimum Gasteiger partial charge on any atom is -0.481 e. The third-order valence-corrected chi connectivity index (χ3v) is 16.9. The Morgan fingerprint density at radius 1 is 0.594 bits per heavy atom. The van der Waals surface area contributed by atoms with Gasteiger partial charge in [0, 0.05) is 19.8 Å². The highest BCUT2D eigenvalue weighted by atomic mass is 16.7. The molecule has 101 heavy (non-hydrogen) atoms. The summed E-state index contributed by atoms with van der Waals surface area (Å²) in [4.78, 5) is 164. The Kier molecular flexibility index (Phi) is 37.0. The van der Waals surface area contributed by atoms with Crippen LogP contribution >= 0.6 is 0 Å². The van der Waals surface area contributed by atoms with E-state index in [1.165, 1.54) is 13.8 Å². The molecule has 2 saturated heterocycles. The first-order chi connectivity index (χ1) is 47.4. The van der Waals surface area contributed by atoms with Crippen LogP contribution in [0.15, 0.2) is 30.3 Å². The number of aliphatic carboxylic acids is 2. The molecule has 1 aromatic carbocycles. The lowest BCUT2D eigenvalue weighted by molar-refractivity contribution is -0.347. The van der Waals surface area contributed by atoms with E-state index in [0.29, 0.717) is 24.8 Å². The summed E-state index contributed by atoms with van der Waals surface area (Å²) in [5, 5.41) is 119. The van der Waals surface area contributed by atoms with Crippen LogP contribution in [0.1, 0.15) is 120 Å². The number of unbranched alkanes of at least 4 members (excludes halogenated alkanes) is 1. The average molecular weight is 1440 g/mol. The summed E-state index contributed by atoms with van der Waals surface area (Å²) in [6, 6.07) is -7.98. The van der Waals surface area contributed by atoms with Crippen molar-refractivity contribution in [3.63, 3.8) is 0 Å². The number of carboxylic acids is 2. The van der Waals surface area contributed by atoms with E-state index in [2.05, 4.69) is 53.2 Å². The number of nitrogens with one attached hydrogen (secondary N) is 10. The van der Waals surface area contributed by atoms with Gasteiger partial charge in [-0.05, 0) is 82.7 Å². The molecule has 10 amide bonds. The lowest BCUT2D eigenvalue weighted by Crippen LogP contribution is -2.69. The molecule has 3 rings (SSSR count). The molecule has 37 heteroatoms. The molecule has 0 aromatic heterocycles. The predicted molar refractivity (Wildman–Crippen MR) is 354 cm³/mol. The molecule has 2 fully saturated rings. The molecule has 0 bridgehead atoms. The molecular formula is C64H106N12O25. The first-order valence-electron chi connectivity index (χ1n) is 33.6. The van der Waals surface area contributed by atoms with Crippen molar-refractivity contribution < 1.29 is 122 Å². The number of hydrogen-bond donors (Lipinski definition) is 21. The van der Waals surface area contributed by atoms with Crippen LogP contribution in [0, 0.1) is 17.8 Å². The molecule has 23 N–H and O–H groups in total. The van der Waals surface area contributed by atoms with E-state index in [1.807, 2.05) is 0 Å². The fourth-order valence-electron chi connectivity index (χ4n) is 10.7. The van der Waals surface area contributed by atoms with Gasteiger partial charge in [-0.2, -0.15) is 0 Å². The second kappa shape index (κ2) is 42.7. The number of benzene rings is 1. The van der Waals surface area contributed by atoms with Gasteiger partial charge in [0.1, 0.15) is 97.1 Å². The highest BCUT2D eigenvalue weighted by molar-refractivity contribution is 5.98. The molecule has 22 atom stereocenters. The van der Waals surface area contributed by atoms with E-state index < -0.39 is 237 Å². The summed E-state index contributed by atoms with van der Waals surface area (Å²) < 4.78 is 23.6. The van der Waals surface area contributed by atoms with E-state index in [-0.39, 0.29) is 37.6 Å². The van der Waals surface area contributed by atoms with Crippen LogP contribution in [-0.2, 0) is 82.9 Å². The summed E-state index contributed by atoms with van der Waals surface area (Å²) >= 11 is 0. The molecule has 1 aromatic rings. The highest BCUT2D eigenvalue weighted by Gasteiger charge is 2.53. The van der Waals surface area contributed by atoms with Gasteiger partial charge in [-0.1, -0.05) is 78.3 Å². The first-order valence-corrected chi connectivity index (χ1v) is 33.6. The lowest BCUT2D eigenvalue weighted by Gasteiger charge is -2.48. The van der Waals surface area contributed by atoms with Gasteiger partial charge in [0.25, 0.3) is 0 Å². The fraction of sp³-hybridized carbons (Fsp3) is 0.719. The van der Waals surface area contributed by atoms with Gasteiger partial charge in [-0.25, -0.2) is 4.79 Å².